The van der Waals surface area contributed by atoms with E-state index >= 15 is 0 Å². The molecule has 6 nitrogen and oxygen atoms in total. The van der Waals surface area contributed by atoms with Gasteiger partial charge in [-0.25, -0.2) is 12.7 Å². The van der Waals surface area contributed by atoms with Gasteiger partial charge in [-0.05, 0) is 62.1 Å². The molecule has 0 aliphatic carbocycles. The second-order valence-corrected chi connectivity index (χ2v) is 11.9. The Balaban J connectivity index is 2.19. The van der Waals surface area contributed by atoms with E-state index in [0.29, 0.717) is 27.9 Å². The number of nitrogens with zero attached hydrogens (tertiary/aromatic N) is 1. The molecule has 4 rings (SSSR count). The van der Waals surface area contributed by atoms with Gasteiger partial charge in [0.05, 0.1) is 16.3 Å². The van der Waals surface area contributed by atoms with E-state index in [1.54, 1.807) is 87.5 Å². The Hall–Kier alpha value is -3.46. The smallest absolute Gasteiger partial charge is 0.282 e. The molecule has 0 saturated heterocycles. The fraction of sp³-hybridized carbons (Fsp3) is 0.143. The van der Waals surface area contributed by atoms with Crippen molar-refractivity contribution in [1.29, 1.82) is 0 Å². The summed E-state index contributed by atoms with van der Waals surface area (Å²) in [4.78, 5) is -0.464. The third kappa shape index (κ3) is 4.67. The second-order valence-electron chi connectivity index (χ2n) is 8.77. The zero-order valence-electron chi connectivity index (χ0n) is 20.4. The molecule has 0 aliphatic heterocycles. The average Bonchev–Trinajstić information content (AvgIpc) is 2.82. The van der Waals surface area contributed by atoms with Crippen molar-refractivity contribution in [2.75, 3.05) is 4.31 Å². The minimum absolute atomic E-state index is 0.00144. The van der Waals surface area contributed by atoms with Gasteiger partial charge in [0.2, 0.25) is 0 Å². The SMILES string of the molecule is Cc1ccc(S(=O)(=O)N(c2c(C)cccc2C)c2c(C)ccc(-c3ccccc3)c2S(=O)(=O)O)cc1. The molecule has 0 aliphatic rings. The summed E-state index contributed by atoms with van der Waals surface area (Å²) >= 11 is 0. The first-order valence-corrected chi connectivity index (χ1v) is 14.2. The summed E-state index contributed by atoms with van der Waals surface area (Å²) in [5.74, 6) is 0. The molecule has 0 atom stereocenters. The van der Waals surface area contributed by atoms with Crippen molar-refractivity contribution in [3.8, 4) is 11.1 Å². The summed E-state index contributed by atoms with van der Waals surface area (Å²) in [6.45, 7) is 7.01. The van der Waals surface area contributed by atoms with Crippen LogP contribution in [-0.4, -0.2) is 21.4 Å². The molecule has 0 bridgehead atoms. The van der Waals surface area contributed by atoms with E-state index in [1.165, 1.54) is 12.1 Å². The van der Waals surface area contributed by atoms with Crippen LogP contribution >= 0.6 is 0 Å². The number of benzene rings is 4. The summed E-state index contributed by atoms with van der Waals surface area (Å²) in [7, 11) is -9.18. The maximum Gasteiger partial charge on any atom is 0.297 e. The molecule has 4 aromatic rings. The lowest BCUT2D eigenvalue weighted by Crippen LogP contribution is -2.30. The van der Waals surface area contributed by atoms with Gasteiger partial charge in [-0.3, -0.25) is 4.55 Å². The van der Waals surface area contributed by atoms with Crippen molar-refractivity contribution < 1.29 is 21.4 Å². The molecule has 0 amide bonds. The van der Waals surface area contributed by atoms with E-state index in [0.717, 1.165) is 9.87 Å². The first-order valence-electron chi connectivity index (χ1n) is 11.3. The average molecular weight is 522 g/mol. The van der Waals surface area contributed by atoms with Crippen molar-refractivity contribution in [3.63, 3.8) is 0 Å². The van der Waals surface area contributed by atoms with Crippen LogP contribution in [0.25, 0.3) is 11.1 Å². The second kappa shape index (κ2) is 9.54. The number of hydrogen-bond acceptors (Lipinski definition) is 4. The van der Waals surface area contributed by atoms with Gasteiger partial charge in [0.25, 0.3) is 20.1 Å². The highest BCUT2D eigenvalue weighted by Crippen LogP contribution is 2.45. The summed E-state index contributed by atoms with van der Waals surface area (Å²) in [6.07, 6.45) is 0. The van der Waals surface area contributed by atoms with Crippen LogP contribution < -0.4 is 4.31 Å². The first kappa shape index (κ1) is 25.6. The van der Waals surface area contributed by atoms with E-state index in [-0.39, 0.29) is 16.1 Å². The molecular weight excluding hydrogens is 494 g/mol. The van der Waals surface area contributed by atoms with Crippen LogP contribution in [0.15, 0.2) is 94.7 Å². The minimum atomic E-state index is -4.87. The van der Waals surface area contributed by atoms with Gasteiger partial charge in [-0.1, -0.05) is 78.4 Å². The molecule has 8 heteroatoms. The highest BCUT2D eigenvalue weighted by atomic mass is 32.2. The highest BCUT2D eigenvalue weighted by molar-refractivity contribution is 7.93. The Bertz CT molecular complexity index is 1620. The van der Waals surface area contributed by atoms with Gasteiger partial charge in [-0.2, -0.15) is 8.42 Å². The molecule has 186 valence electrons. The lowest BCUT2D eigenvalue weighted by molar-refractivity contribution is 0.483. The fourth-order valence-electron chi connectivity index (χ4n) is 4.32. The van der Waals surface area contributed by atoms with Crippen molar-refractivity contribution in [1.82, 2.24) is 0 Å². The number of sulfonamides is 1. The van der Waals surface area contributed by atoms with Crippen LogP contribution in [0.3, 0.4) is 0 Å². The quantitative estimate of drug-likeness (QED) is 0.298. The van der Waals surface area contributed by atoms with Gasteiger partial charge in [0, 0.05) is 5.56 Å². The van der Waals surface area contributed by atoms with E-state index in [2.05, 4.69) is 0 Å². The van der Waals surface area contributed by atoms with E-state index in [9.17, 15) is 21.4 Å². The normalized spacial score (nSPS) is 11.9. The summed E-state index contributed by atoms with van der Waals surface area (Å²) in [6, 6.07) is 23.6. The van der Waals surface area contributed by atoms with Crippen LogP contribution in [0, 0.1) is 27.7 Å². The van der Waals surface area contributed by atoms with Gasteiger partial charge in [0.1, 0.15) is 4.90 Å². The molecule has 0 heterocycles. The molecule has 1 N–H and O–H groups in total. The lowest BCUT2D eigenvalue weighted by atomic mass is 10.0. The number of rotatable bonds is 6. The summed E-state index contributed by atoms with van der Waals surface area (Å²) < 4.78 is 66.0. The van der Waals surface area contributed by atoms with Crippen molar-refractivity contribution >= 4 is 31.5 Å². The van der Waals surface area contributed by atoms with Crippen molar-refractivity contribution in [3.05, 3.63) is 107 Å². The predicted molar refractivity (Wildman–Crippen MR) is 143 cm³/mol. The standard InChI is InChI=1S/C28H27NO5S2/c1-19-13-16-24(17-14-19)35(30,31)29(26-20(2)9-8-10-21(26)3)27-22(4)15-18-25(28(27)36(32,33)34)23-11-6-5-7-12-23/h5-18H,1-4H3,(H,32,33,34). The maximum atomic E-state index is 14.3. The Kier molecular flexibility index (Phi) is 6.79. The van der Waals surface area contributed by atoms with Crippen LogP contribution in [0.5, 0.6) is 0 Å². The molecule has 0 fully saturated rings. The highest BCUT2D eigenvalue weighted by Gasteiger charge is 2.36. The van der Waals surface area contributed by atoms with Crippen LogP contribution in [0.4, 0.5) is 11.4 Å². The van der Waals surface area contributed by atoms with Gasteiger partial charge in [0.15, 0.2) is 0 Å². The van der Waals surface area contributed by atoms with Gasteiger partial charge < -0.3 is 0 Å². The van der Waals surface area contributed by atoms with E-state index in [4.69, 9.17) is 0 Å². The minimum Gasteiger partial charge on any atom is -0.282 e. The molecule has 0 aromatic heterocycles. The monoisotopic (exact) mass is 521 g/mol. The van der Waals surface area contributed by atoms with E-state index < -0.39 is 25.0 Å². The molecule has 36 heavy (non-hydrogen) atoms. The topological polar surface area (TPSA) is 91.8 Å². The first-order chi connectivity index (χ1) is 16.9. The molecular formula is C28H27NO5S2. The van der Waals surface area contributed by atoms with Crippen LogP contribution in [-0.2, 0) is 20.1 Å². The zero-order valence-corrected chi connectivity index (χ0v) is 22.1. The maximum absolute atomic E-state index is 14.3. The number of aryl methyl sites for hydroxylation is 4. The number of para-hydroxylation sites is 1. The Morgan fingerprint density at radius 3 is 1.72 bits per heavy atom. The molecule has 4 aromatic carbocycles. The van der Waals surface area contributed by atoms with E-state index in [1.807, 2.05) is 13.0 Å². The van der Waals surface area contributed by atoms with Gasteiger partial charge >= 0.3 is 0 Å². The number of anilines is 2. The van der Waals surface area contributed by atoms with Crippen LogP contribution in [0.2, 0.25) is 0 Å². The Morgan fingerprint density at radius 1 is 0.611 bits per heavy atom. The largest absolute Gasteiger partial charge is 0.297 e. The fourth-order valence-corrected chi connectivity index (χ4v) is 7.03. The van der Waals surface area contributed by atoms with Crippen LogP contribution in [0.1, 0.15) is 22.3 Å². The zero-order chi connectivity index (χ0) is 26.3. The Labute approximate surface area is 212 Å². The third-order valence-electron chi connectivity index (χ3n) is 6.08. The lowest BCUT2D eigenvalue weighted by Gasteiger charge is -2.31. The third-order valence-corrected chi connectivity index (χ3v) is 8.72. The van der Waals surface area contributed by atoms with Gasteiger partial charge in [-0.15, -0.1) is 0 Å². The molecule has 0 spiro atoms. The summed E-state index contributed by atoms with van der Waals surface area (Å²) in [5, 5.41) is 0. The predicted octanol–water partition coefficient (Wildman–Crippen LogP) is 6.36. The van der Waals surface area contributed by atoms with Crippen molar-refractivity contribution in [2.24, 2.45) is 0 Å². The Morgan fingerprint density at radius 2 is 1.17 bits per heavy atom. The molecule has 0 unspecified atom stereocenters. The molecule has 0 radical (unpaired) electrons. The summed E-state index contributed by atoms with van der Waals surface area (Å²) in [5.41, 5.74) is 3.48. The van der Waals surface area contributed by atoms with Crippen molar-refractivity contribution in [2.45, 2.75) is 37.5 Å². The number of hydrogen-bond donors (Lipinski definition) is 1. The molecule has 0 saturated carbocycles.